The molecule has 2 atom stereocenters. The fourth-order valence-corrected chi connectivity index (χ4v) is 3.98. The lowest BCUT2D eigenvalue weighted by Crippen LogP contribution is -2.62. The Kier molecular flexibility index (Phi) is 3.96. The van der Waals surface area contributed by atoms with Gasteiger partial charge in [0, 0.05) is 30.6 Å². The Morgan fingerprint density at radius 3 is 2.56 bits per heavy atom. The van der Waals surface area contributed by atoms with Crippen molar-refractivity contribution in [2.24, 2.45) is 0 Å². The molecule has 2 unspecified atom stereocenters. The van der Waals surface area contributed by atoms with Crippen molar-refractivity contribution >= 4 is 11.5 Å². The average molecular weight is 344 g/mol. The topological polar surface area (TPSA) is 69.8 Å². The Morgan fingerprint density at radius 1 is 1.16 bits per heavy atom. The van der Waals surface area contributed by atoms with E-state index in [4.69, 9.17) is 5.10 Å². The number of nitrogens with zero attached hydrogens (tertiary/aromatic N) is 6. The van der Waals surface area contributed by atoms with Gasteiger partial charge >= 0.3 is 0 Å². The molecule has 2 aromatic rings. The molecule has 136 valence electrons. The van der Waals surface area contributed by atoms with Crippen molar-refractivity contribution in [2.75, 3.05) is 25.0 Å². The molecule has 7 nitrogen and oxygen atoms in total. The average Bonchev–Trinajstić information content (AvgIpc) is 3.10. The summed E-state index contributed by atoms with van der Waals surface area (Å²) in [5.41, 5.74) is 0.693. The smallest absolute Gasteiger partial charge is 0.178 e. The van der Waals surface area contributed by atoms with Crippen LogP contribution in [0.15, 0.2) is 12.1 Å². The Labute approximate surface area is 148 Å². The molecule has 2 aromatic heterocycles. The zero-order valence-electron chi connectivity index (χ0n) is 15.6. The third-order valence-electron chi connectivity index (χ3n) is 5.65. The van der Waals surface area contributed by atoms with E-state index < -0.39 is 0 Å². The number of hydrogen-bond acceptors (Lipinski definition) is 6. The van der Waals surface area contributed by atoms with Gasteiger partial charge < -0.3 is 10.0 Å². The minimum atomic E-state index is -0.167. The van der Waals surface area contributed by atoms with Gasteiger partial charge in [0.2, 0.25) is 0 Å². The highest BCUT2D eigenvalue weighted by atomic mass is 16.3. The molecular weight excluding hydrogens is 316 g/mol. The van der Waals surface area contributed by atoms with Crippen LogP contribution in [-0.4, -0.2) is 68.1 Å². The van der Waals surface area contributed by atoms with Crippen LogP contribution in [-0.2, 0) is 5.41 Å². The molecule has 1 aliphatic carbocycles. The second-order valence-corrected chi connectivity index (χ2v) is 8.53. The van der Waals surface area contributed by atoms with Crippen LogP contribution < -0.4 is 4.90 Å². The predicted molar refractivity (Wildman–Crippen MR) is 96.9 cm³/mol. The maximum absolute atomic E-state index is 10.1. The summed E-state index contributed by atoms with van der Waals surface area (Å²) >= 11 is 0. The molecule has 1 saturated heterocycles. The van der Waals surface area contributed by atoms with Crippen LogP contribution in [0.3, 0.4) is 0 Å². The van der Waals surface area contributed by atoms with Crippen LogP contribution in [0.4, 0.5) is 5.82 Å². The van der Waals surface area contributed by atoms with Gasteiger partial charge in [-0.05, 0) is 38.4 Å². The van der Waals surface area contributed by atoms with E-state index in [0.29, 0.717) is 12.1 Å². The van der Waals surface area contributed by atoms with Crippen LogP contribution in [0.1, 0.15) is 45.9 Å². The first kappa shape index (κ1) is 16.7. The summed E-state index contributed by atoms with van der Waals surface area (Å²) < 4.78 is 1.87. The molecule has 2 fully saturated rings. The van der Waals surface area contributed by atoms with E-state index in [1.54, 1.807) is 0 Å². The second kappa shape index (κ2) is 5.92. The van der Waals surface area contributed by atoms with Gasteiger partial charge in [0.25, 0.3) is 0 Å². The molecule has 7 heteroatoms. The summed E-state index contributed by atoms with van der Waals surface area (Å²) in [5.74, 6) is 1.85. The number of anilines is 1. The standard InChI is InChI=1S/C18H28N6O/c1-18(2,3)17-20-19-15-8-9-16(21-24(15)17)23-10-12(11-23)22(4)13-6-5-7-14(13)25/h8-9,12-14,25H,5-7,10-11H2,1-4H3. The molecule has 0 amide bonds. The van der Waals surface area contributed by atoms with Gasteiger partial charge in [0.05, 0.1) is 6.10 Å². The van der Waals surface area contributed by atoms with Crippen molar-refractivity contribution in [3.8, 4) is 0 Å². The molecule has 0 bridgehead atoms. The SMILES string of the molecule is CN(C1CN(c2ccc3nnc(C(C)(C)C)n3n2)C1)C1CCCC1O. The number of aliphatic hydroxyl groups excluding tert-OH is 1. The molecule has 25 heavy (non-hydrogen) atoms. The number of likely N-dealkylation sites (N-methyl/N-ethyl adjacent to an activating group) is 1. The molecule has 1 aliphatic heterocycles. The lowest BCUT2D eigenvalue weighted by Gasteiger charge is -2.47. The van der Waals surface area contributed by atoms with Gasteiger partial charge in [-0.15, -0.1) is 15.3 Å². The largest absolute Gasteiger partial charge is 0.391 e. The summed E-state index contributed by atoms with van der Waals surface area (Å²) in [6.07, 6.45) is 3.01. The van der Waals surface area contributed by atoms with Gasteiger partial charge in [0.15, 0.2) is 11.5 Å². The zero-order chi connectivity index (χ0) is 17.8. The Balaban J connectivity index is 1.49. The van der Waals surface area contributed by atoms with Crippen LogP contribution in [0.5, 0.6) is 0 Å². The number of aliphatic hydroxyl groups is 1. The third-order valence-corrected chi connectivity index (χ3v) is 5.65. The van der Waals surface area contributed by atoms with E-state index in [1.807, 2.05) is 16.6 Å². The summed E-state index contributed by atoms with van der Waals surface area (Å²) in [4.78, 5) is 4.65. The summed E-state index contributed by atoms with van der Waals surface area (Å²) in [6.45, 7) is 8.27. The lowest BCUT2D eigenvalue weighted by atomic mass is 9.96. The van der Waals surface area contributed by atoms with Gasteiger partial charge in [-0.25, -0.2) is 0 Å². The van der Waals surface area contributed by atoms with Gasteiger partial charge in [-0.3, -0.25) is 4.90 Å². The van der Waals surface area contributed by atoms with E-state index in [0.717, 1.165) is 49.6 Å². The van der Waals surface area contributed by atoms with E-state index >= 15 is 0 Å². The summed E-state index contributed by atoms with van der Waals surface area (Å²) in [5, 5.41) is 23.4. The quantitative estimate of drug-likeness (QED) is 0.909. The lowest BCUT2D eigenvalue weighted by molar-refractivity contribution is 0.0525. The van der Waals surface area contributed by atoms with Gasteiger partial charge in [-0.2, -0.15) is 4.52 Å². The molecule has 1 saturated carbocycles. The highest BCUT2D eigenvalue weighted by molar-refractivity contribution is 5.48. The van der Waals surface area contributed by atoms with Crippen molar-refractivity contribution in [1.82, 2.24) is 24.7 Å². The highest BCUT2D eigenvalue weighted by Crippen LogP contribution is 2.29. The molecule has 0 radical (unpaired) electrons. The van der Waals surface area contributed by atoms with E-state index in [-0.39, 0.29) is 11.5 Å². The van der Waals surface area contributed by atoms with Crippen molar-refractivity contribution in [3.05, 3.63) is 18.0 Å². The fraction of sp³-hybridized carbons (Fsp3) is 0.722. The second-order valence-electron chi connectivity index (χ2n) is 8.53. The molecule has 1 N–H and O–H groups in total. The first-order valence-electron chi connectivity index (χ1n) is 9.22. The van der Waals surface area contributed by atoms with Crippen molar-refractivity contribution in [3.63, 3.8) is 0 Å². The summed E-state index contributed by atoms with van der Waals surface area (Å²) in [6, 6.07) is 4.81. The molecular formula is C18H28N6O. The molecule has 3 heterocycles. The molecule has 0 aromatic carbocycles. The van der Waals surface area contributed by atoms with Gasteiger partial charge in [0.1, 0.15) is 5.82 Å². The number of aromatic nitrogens is 4. The predicted octanol–water partition coefficient (Wildman–Crippen LogP) is 1.46. The van der Waals surface area contributed by atoms with E-state index in [1.165, 1.54) is 0 Å². The highest BCUT2D eigenvalue weighted by Gasteiger charge is 2.38. The number of rotatable bonds is 3. The van der Waals surface area contributed by atoms with Crippen molar-refractivity contribution in [1.29, 1.82) is 0 Å². The number of fused-ring (bicyclic) bond motifs is 1. The van der Waals surface area contributed by atoms with Gasteiger partial charge in [-0.1, -0.05) is 20.8 Å². The van der Waals surface area contributed by atoms with Crippen LogP contribution in [0.25, 0.3) is 5.65 Å². The van der Waals surface area contributed by atoms with Crippen molar-refractivity contribution in [2.45, 2.75) is 63.6 Å². The zero-order valence-corrected chi connectivity index (χ0v) is 15.6. The first-order valence-corrected chi connectivity index (χ1v) is 9.22. The third kappa shape index (κ3) is 2.89. The minimum absolute atomic E-state index is 0.0959. The monoisotopic (exact) mass is 344 g/mol. The fourth-order valence-electron chi connectivity index (χ4n) is 3.98. The Morgan fingerprint density at radius 2 is 1.92 bits per heavy atom. The maximum Gasteiger partial charge on any atom is 0.178 e. The van der Waals surface area contributed by atoms with E-state index in [9.17, 15) is 5.11 Å². The molecule has 0 spiro atoms. The Hall–Kier alpha value is -1.73. The van der Waals surface area contributed by atoms with Crippen LogP contribution >= 0.6 is 0 Å². The maximum atomic E-state index is 10.1. The first-order chi connectivity index (χ1) is 11.8. The molecule has 2 aliphatic rings. The van der Waals surface area contributed by atoms with Crippen LogP contribution in [0, 0.1) is 0 Å². The molecule has 4 rings (SSSR count). The van der Waals surface area contributed by atoms with Crippen molar-refractivity contribution < 1.29 is 5.11 Å². The summed E-state index contributed by atoms with van der Waals surface area (Å²) in [7, 11) is 2.15. The minimum Gasteiger partial charge on any atom is -0.391 e. The Bertz CT molecular complexity index is 761. The number of hydrogen-bond donors (Lipinski definition) is 1. The van der Waals surface area contributed by atoms with E-state index in [2.05, 4.69) is 47.8 Å². The van der Waals surface area contributed by atoms with Crippen LogP contribution in [0.2, 0.25) is 0 Å². The normalized spacial score (nSPS) is 25.1.